The number of benzene rings is 1. The highest BCUT2D eigenvalue weighted by Gasteiger charge is 2.17. The largest absolute Gasteiger partial charge is 0.391 e. The van der Waals surface area contributed by atoms with Crippen LogP contribution in [-0.4, -0.2) is 17.7 Å². The molecule has 16 heavy (non-hydrogen) atoms. The summed E-state index contributed by atoms with van der Waals surface area (Å²) in [6.07, 6.45) is 1.98. The lowest BCUT2D eigenvalue weighted by atomic mass is 9.99. The quantitative estimate of drug-likeness (QED) is 0.723. The fourth-order valence-electron chi connectivity index (χ4n) is 1.76. The number of halogens is 1. The van der Waals surface area contributed by atoms with E-state index in [1.54, 1.807) is 0 Å². The van der Waals surface area contributed by atoms with Crippen molar-refractivity contribution in [1.29, 1.82) is 0 Å². The Labute approximate surface area is 101 Å². The predicted octanol–water partition coefficient (Wildman–Crippen LogP) is 3.43. The van der Waals surface area contributed by atoms with E-state index in [0.29, 0.717) is 5.88 Å². The van der Waals surface area contributed by atoms with E-state index in [0.717, 1.165) is 24.1 Å². The van der Waals surface area contributed by atoms with Crippen LogP contribution in [0.3, 0.4) is 0 Å². The van der Waals surface area contributed by atoms with Gasteiger partial charge < -0.3 is 4.84 Å². The molecule has 0 amide bonds. The Morgan fingerprint density at radius 3 is 2.75 bits per heavy atom. The first kappa shape index (κ1) is 11.5. The average molecular weight is 238 g/mol. The molecule has 0 aliphatic carbocycles. The van der Waals surface area contributed by atoms with Crippen molar-refractivity contribution in [3.8, 4) is 0 Å². The number of rotatable bonds is 2. The maximum atomic E-state index is 5.73. The van der Waals surface area contributed by atoms with Crippen molar-refractivity contribution < 1.29 is 4.84 Å². The Morgan fingerprint density at radius 1 is 1.38 bits per heavy atom. The Morgan fingerprint density at radius 2 is 2.19 bits per heavy atom. The van der Waals surface area contributed by atoms with Crippen molar-refractivity contribution in [2.75, 3.05) is 5.88 Å². The minimum absolute atomic E-state index is 0.0805. The smallest absolute Gasteiger partial charge is 0.141 e. The van der Waals surface area contributed by atoms with Crippen molar-refractivity contribution in [3.05, 3.63) is 34.9 Å². The molecule has 0 fully saturated rings. The molecular formula is C13H16ClNO. The molecule has 0 spiro atoms. The van der Waals surface area contributed by atoms with Crippen molar-refractivity contribution in [1.82, 2.24) is 0 Å². The molecule has 0 aromatic heterocycles. The fraction of sp³-hybridized carbons (Fsp3) is 0.462. The number of nitrogens with zero attached hydrogens (tertiary/aromatic N) is 1. The molecule has 0 saturated carbocycles. The molecule has 1 aliphatic heterocycles. The van der Waals surface area contributed by atoms with Crippen LogP contribution in [0.15, 0.2) is 23.4 Å². The number of hydrogen-bond acceptors (Lipinski definition) is 2. The highest BCUT2D eigenvalue weighted by molar-refractivity contribution is 6.18. The predicted molar refractivity (Wildman–Crippen MR) is 67.3 cm³/mol. The fourth-order valence-corrected chi connectivity index (χ4v) is 1.97. The SMILES string of the molecule is Cc1ccc(C2=NOC(CCl)CC2)cc1C. The van der Waals surface area contributed by atoms with Gasteiger partial charge in [-0.1, -0.05) is 17.3 Å². The van der Waals surface area contributed by atoms with Gasteiger partial charge >= 0.3 is 0 Å². The molecule has 0 N–H and O–H groups in total. The van der Waals surface area contributed by atoms with Crippen molar-refractivity contribution in [3.63, 3.8) is 0 Å². The van der Waals surface area contributed by atoms with Gasteiger partial charge in [-0.3, -0.25) is 0 Å². The number of oxime groups is 1. The number of hydrogen-bond donors (Lipinski definition) is 0. The first-order valence-electron chi connectivity index (χ1n) is 5.57. The van der Waals surface area contributed by atoms with Gasteiger partial charge in [-0.15, -0.1) is 11.6 Å². The molecule has 3 heteroatoms. The maximum absolute atomic E-state index is 5.73. The van der Waals surface area contributed by atoms with Crippen molar-refractivity contribution in [2.45, 2.75) is 32.8 Å². The van der Waals surface area contributed by atoms with Crippen LogP contribution in [0.4, 0.5) is 0 Å². The molecule has 1 aromatic rings. The molecule has 1 aliphatic rings. The highest BCUT2D eigenvalue weighted by Crippen LogP contribution is 2.19. The monoisotopic (exact) mass is 237 g/mol. The average Bonchev–Trinajstić information content (AvgIpc) is 2.33. The summed E-state index contributed by atoms with van der Waals surface area (Å²) in [4.78, 5) is 5.32. The minimum atomic E-state index is 0.0805. The molecular weight excluding hydrogens is 222 g/mol. The molecule has 0 bridgehead atoms. The standard InChI is InChI=1S/C13H16ClNO/c1-9-3-4-11(7-10(9)2)13-6-5-12(8-14)16-15-13/h3-4,7,12H,5-6,8H2,1-2H3. The molecule has 0 saturated heterocycles. The molecule has 1 aromatic carbocycles. The Bertz CT molecular complexity index is 414. The van der Waals surface area contributed by atoms with Crippen LogP contribution < -0.4 is 0 Å². The van der Waals surface area contributed by atoms with E-state index < -0.39 is 0 Å². The zero-order valence-electron chi connectivity index (χ0n) is 9.66. The van der Waals surface area contributed by atoms with Crippen LogP contribution in [0.25, 0.3) is 0 Å². The van der Waals surface area contributed by atoms with Crippen molar-refractivity contribution in [2.24, 2.45) is 5.16 Å². The molecule has 1 heterocycles. The number of alkyl halides is 1. The summed E-state index contributed by atoms with van der Waals surface area (Å²) in [5.74, 6) is 0.518. The first-order chi connectivity index (χ1) is 7.70. The number of aryl methyl sites for hydroxylation is 2. The van der Waals surface area contributed by atoms with Crippen LogP contribution in [0.5, 0.6) is 0 Å². The lowest BCUT2D eigenvalue weighted by Gasteiger charge is -2.19. The summed E-state index contributed by atoms with van der Waals surface area (Å²) in [5, 5.41) is 4.15. The second-order valence-corrected chi connectivity index (χ2v) is 4.57. The van der Waals surface area contributed by atoms with Gasteiger partial charge in [0.05, 0.1) is 11.6 Å². The summed E-state index contributed by atoms with van der Waals surface area (Å²) in [6.45, 7) is 4.23. The van der Waals surface area contributed by atoms with Crippen LogP contribution in [-0.2, 0) is 4.84 Å². The van der Waals surface area contributed by atoms with Crippen LogP contribution in [0, 0.1) is 13.8 Å². The first-order valence-corrected chi connectivity index (χ1v) is 6.10. The molecule has 2 nitrogen and oxygen atoms in total. The van der Waals surface area contributed by atoms with E-state index in [4.69, 9.17) is 16.4 Å². The van der Waals surface area contributed by atoms with Gasteiger partial charge in [0.15, 0.2) is 0 Å². The highest BCUT2D eigenvalue weighted by atomic mass is 35.5. The van der Waals surface area contributed by atoms with Gasteiger partial charge in [-0.25, -0.2) is 0 Å². The lowest BCUT2D eigenvalue weighted by Crippen LogP contribution is -2.20. The topological polar surface area (TPSA) is 21.6 Å². The van der Waals surface area contributed by atoms with Gasteiger partial charge in [-0.05, 0) is 49.4 Å². The molecule has 0 radical (unpaired) electrons. The van der Waals surface area contributed by atoms with E-state index in [2.05, 4.69) is 37.2 Å². The van der Waals surface area contributed by atoms with Crippen LogP contribution in [0.1, 0.15) is 29.5 Å². The van der Waals surface area contributed by atoms with Gasteiger partial charge in [0.1, 0.15) is 6.10 Å². The van der Waals surface area contributed by atoms with Gasteiger partial charge in [0.25, 0.3) is 0 Å². The lowest BCUT2D eigenvalue weighted by molar-refractivity contribution is 0.0597. The van der Waals surface area contributed by atoms with E-state index >= 15 is 0 Å². The van der Waals surface area contributed by atoms with Gasteiger partial charge in [0.2, 0.25) is 0 Å². The van der Waals surface area contributed by atoms with Crippen LogP contribution >= 0.6 is 11.6 Å². The zero-order valence-corrected chi connectivity index (χ0v) is 10.4. The van der Waals surface area contributed by atoms with Gasteiger partial charge in [0, 0.05) is 0 Å². The molecule has 2 rings (SSSR count). The molecule has 1 atom stereocenters. The zero-order chi connectivity index (χ0) is 11.5. The Balaban J connectivity index is 2.19. The second kappa shape index (κ2) is 4.88. The van der Waals surface area contributed by atoms with Crippen LogP contribution in [0.2, 0.25) is 0 Å². The van der Waals surface area contributed by atoms with E-state index in [1.807, 2.05) is 0 Å². The molecule has 86 valence electrons. The Kier molecular flexibility index (Phi) is 3.49. The normalized spacial score (nSPS) is 20.2. The van der Waals surface area contributed by atoms with Crippen molar-refractivity contribution >= 4 is 17.3 Å². The van der Waals surface area contributed by atoms with Gasteiger partial charge in [-0.2, -0.15) is 0 Å². The second-order valence-electron chi connectivity index (χ2n) is 4.26. The third-order valence-electron chi connectivity index (χ3n) is 3.03. The summed E-state index contributed by atoms with van der Waals surface area (Å²) >= 11 is 5.73. The van der Waals surface area contributed by atoms with E-state index in [1.165, 1.54) is 11.1 Å². The third-order valence-corrected chi connectivity index (χ3v) is 3.37. The summed E-state index contributed by atoms with van der Waals surface area (Å²) < 4.78 is 0. The summed E-state index contributed by atoms with van der Waals surface area (Å²) in [6, 6.07) is 6.39. The summed E-state index contributed by atoms with van der Waals surface area (Å²) in [5.41, 5.74) is 4.79. The third kappa shape index (κ3) is 2.38. The van der Waals surface area contributed by atoms with E-state index in [-0.39, 0.29) is 6.10 Å². The minimum Gasteiger partial charge on any atom is -0.391 e. The van der Waals surface area contributed by atoms with E-state index in [9.17, 15) is 0 Å². The molecule has 1 unspecified atom stereocenters. The Hall–Kier alpha value is -1.02. The maximum Gasteiger partial charge on any atom is 0.141 e. The summed E-state index contributed by atoms with van der Waals surface area (Å²) in [7, 11) is 0.